The van der Waals surface area contributed by atoms with Gasteiger partial charge in [0.1, 0.15) is 5.60 Å². The molecule has 0 aliphatic heterocycles. The smallest absolute Gasteiger partial charge is 0.410 e. The van der Waals surface area contributed by atoms with Gasteiger partial charge in [0.05, 0.1) is 6.54 Å². The summed E-state index contributed by atoms with van der Waals surface area (Å²) in [4.78, 5) is 13.6. The van der Waals surface area contributed by atoms with Crippen molar-refractivity contribution in [1.82, 2.24) is 4.90 Å². The maximum Gasteiger partial charge on any atom is 0.410 e. The summed E-state index contributed by atoms with van der Waals surface area (Å²) in [5.41, 5.74) is -0.136. The fraction of sp³-hybridized carbons (Fsp3) is 0.533. The number of hydrogen-bond donors (Lipinski definition) is 0. The van der Waals surface area contributed by atoms with Crippen LogP contribution in [0, 0.1) is 11.6 Å². The van der Waals surface area contributed by atoms with Crippen molar-refractivity contribution >= 4 is 22.0 Å². The highest BCUT2D eigenvalue weighted by molar-refractivity contribution is 9.10. The van der Waals surface area contributed by atoms with E-state index in [1.807, 2.05) is 13.8 Å². The number of ether oxygens (including phenoxy) is 1. The fourth-order valence-electron chi connectivity index (χ4n) is 1.65. The van der Waals surface area contributed by atoms with Gasteiger partial charge in [-0.3, -0.25) is 0 Å². The largest absolute Gasteiger partial charge is 0.444 e. The Kier molecular flexibility index (Phi) is 5.73. The van der Waals surface area contributed by atoms with Crippen LogP contribution in [0.5, 0.6) is 0 Å². The molecule has 6 heteroatoms. The van der Waals surface area contributed by atoms with E-state index in [1.165, 1.54) is 4.90 Å². The van der Waals surface area contributed by atoms with Crippen molar-refractivity contribution in [3.05, 3.63) is 33.8 Å². The quantitative estimate of drug-likeness (QED) is 0.716. The highest BCUT2D eigenvalue weighted by Gasteiger charge is 2.25. The summed E-state index contributed by atoms with van der Waals surface area (Å²) in [6, 6.07) is 2.00. The molecule has 3 nitrogen and oxygen atoms in total. The summed E-state index contributed by atoms with van der Waals surface area (Å²) in [5.74, 6) is -1.87. The number of carbonyl (C=O) groups excluding carboxylic acids is 1. The van der Waals surface area contributed by atoms with E-state index in [1.54, 1.807) is 20.8 Å². The summed E-state index contributed by atoms with van der Waals surface area (Å²) in [6.07, 6.45) is -0.492. The Morgan fingerprint density at radius 3 is 2.29 bits per heavy atom. The molecule has 1 amide bonds. The van der Waals surface area contributed by atoms with Gasteiger partial charge in [-0.25, -0.2) is 13.6 Å². The Labute approximate surface area is 132 Å². The average Bonchev–Trinajstić information content (AvgIpc) is 2.29. The molecule has 0 spiro atoms. The lowest BCUT2D eigenvalue weighted by Gasteiger charge is -2.30. The minimum absolute atomic E-state index is 0.129. The van der Waals surface area contributed by atoms with Gasteiger partial charge in [0, 0.05) is 10.5 Å². The zero-order chi connectivity index (χ0) is 16.4. The molecule has 21 heavy (non-hydrogen) atoms. The van der Waals surface area contributed by atoms with E-state index < -0.39 is 23.3 Å². The first-order chi connectivity index (χ1) is 9.51. The number of nitrogens with zero attached hydrogens (tertiary/aromatic N) is 1. The zero-order valence-electron chi connectivity index (χ0n) is 12.8. The molecule has 1 rings (SSSR count). The molecule has 0 unspecified atom stereocenters. The standard InChI is InChI=1S/C15H20BrF2NO2/c1-9(2)19(14(20)21-15(3,4)5)8-10-6-12(17)13(18)7-11(10)16/h6-7,9H,8H2,1-5H3. The van der Waals surface area contributed by atoms with E-state index >= 15 is 0 Å². The monoisotopic (exact) mass is 363 g/mol. The first-order valence-electron chi connectivity index (χ1n) is 6.64. The molecule has 0 N–H and O–H groups in total. The summed E-state index contributed by atoms with van der Waals surface area (Å²) in [7, 11) is 0. The van der Waals surface area contributed by atoms with Crippen LogP contribution in [0.2, 0.25) is 0 Å². The lowest BCUT2D eigenvalue weighted by atomic mass is 10.1. The Morgan fingerprint density at radius 1 is 1.29 bits per heavy atom. The molecule has 1 aromatic rings. The van der Waals surface area contributed by atoms with Crippen LogP contribution >= 0.6 is 15.9 Å². The Morgan fingerprint density at radius 2 is 1.81 bits per heavy atom. The molecule has 0 saturated heterocycles. The normalized spacial score (nSPS) is 11.7. The van der Waals surface area contributed by atoms with E-state index in [9.17, 15) is 13.6 Å². The van der Waals surface area contributed by atoms with Gasteiger partial charge in [0.2, 0.25) is 0 Å². The van der Waals surface area contributed by atoms with E-state index in [0.29, 0.717) is 10.0 Å². The third-order valence-electron chi connectivity index (χ3n) is 2.68. The maximum atomic E-state index is 13.4. The Hall–Kier alpha value is -1.17. The third kappa shape index (κ3) is 5.26. The maximum absolute atomic E-state index is 13.4. The Bertz CT molecular complexity index is 527. The van der Waals surface area contributed by atoms with Crippen molar-refractivity contribution in [2.75, 3.05) is 0 Å². The second-order valence-corrected chi connectivity index (χ2v) is 6.91. The third-order valence-corrected chi connectivity index (χ3v) is 3.42. The van der Waals surface area contributed by atoms with Gasteiger partial charge >= 0.3 is 6.09 Å². The van der Waals surface area contributed by atoms with E-state index in [2.05, 4.69) is 15.9 Å². The van der Waals surface area contributed by atoms with Crippen molar-refractivity contribution in [3.8, 4) is 0 Å². The number of carbonyl (C=O) groups is 1. The molecule has 0 radical (unpaired) electrons. The Balaban J connectivity index is 2.99. The molecule has 0 heterocycles. The van der Waals surface area contributed by atoms with Gasteiger partial charge in [0.25, 0.3) is 0 Å². The summed E-state index contributed by atoms with van der Waals surface area (Å²) >= 11 is 3.18. The molecular weight excluding hydrogens is 344 g/mol. The van der Waals surface area contributed by atoms with Gasteiger partial charge in [-0.2, -0.15) is 0 Å². The fourth-order valence-corrected chi connectivity index (χ4v) is 2.09. The molecule has 0 fully saturated rings. The summed E-state index contributed by atoms with van der Waals surface area (Å²) < 4.78 is 32.2. The minimum Gasteiger partial charge on any atom is -0.444 e. The van der Waals surface area contributed by atoms with Crippen molar-refractivity contribution in [3.63, 3.8) is 0 Å². The van der Waals surface area contributed by atoms with Crippen LogP contribution in [0.1, 0.15) is 40.2 Å². The second kappa shape index (κ2) is 6.73. The van der Waals surface area contributed by atoms with Gasteiger partial charge in [-0.15, -0.1) is 0 Å². The van der Waals surface area contributed by atoms with Crippen molar-refractivity contribution in [1.29, 1.82) is 0 Å². The van der Waals surface area contributed by atoms with Gasteiger partial charge in [-0.1, -0.05) is 15.9 Å². The topological polar surface area (TPSA) is 29.5 Å². The van der Waals surface area contributed by atoms with Gasteiger partial charge in [0.15, 0.2) is 11.6 Å². The van der Waals surface area contributed by atoms with Gasteiger partial charge in [-0.05, 0) is 52.3 Å². The predicted molar refractivity (Wildman–Crippen MR) is 81.0 cm³/mol. The number of hydrogen-bond acceptors (Lipinski definition) is 2. The van der Waals surface area contributed by atoms with Crippen LogP contribution in [0.25, 0.3) is 0 Å². The number of amides is 1. The zero-order valence-corrected chi connectivity index (χ0v) is 14.4. The minimum atomic E-state index is -0.943. The molecular formula is C15H20BrF2NO2. The van der Waals surface area contributed by atoms with Crippen molar-refractivity contribution in [2.24, 2.45) is 0 Å². The first-order valence-corrected chi connectivity index (χ1v) is 7.43. The predicted octanol–water partition coefficient (Wildman–Crippen LogP) is 4.87. The molecule has 0 saturated carbocycles. The van der Waals surface area contributed by atoms with Crippen LogP contribution in [0.4, 0.5) is 13.6 Å². The van der Waals surface area contributed by atoms with E-state index in [-0.39, 0.29) is 12.6 Å². The number of halogens is 3. The lowest BCUT2D eigenvalue weighted by Crippen LogP contribution is -2.40. The summed E-state index contributed by atoms with van der Waals surface area (Å²) in [5, 5.41) is 0. The van der Waals surface area contributed by atoms with Crippen LogP contribution < -0.4 is 0 Å². The van der Waals surface area contributed by atoms with Crippen LogP contribution in [0.15, 0.2) is 16.6 Å². The molecule has 0 aromatic heterocycles. The molecule has 0 atom stereocenters. The molecule has 0 aliphatic carbocycles. The van der Waals surface area contributed by atoms with E-state index in [0.717, 1.165) is 12.1 Å². The van der Waals surface area contributed by atoms with E-state index in [4.69, 9.17) is 4.74 Å². The molecule has 118 valence electrons. The second-order valence-electron chi connectivity index (χ2n) is 6.06. The number of rotatable bonds is 3. The van der Waals surface area contributed by atoms with Crippen molar-refractivity contribution in [2.45, 2.75) is 52.8 Å². The van der Waals surface area contributed by atoms with Crippen LogP contribution in [-0.2, 0) is 11.3 Å². The molecule has 0 aliphatic rings. The average molecular weight is 364 g/mol. The SMILES string of the molecule is CC(C)N(Cc1cc(F)c(F)cc1Br)C(=O)OC(C)(C)C. The van der Waals surface area contributed by atoms with Crippen LogP contribution in [-0.4, -0.2) is 22.6 Å². The van der Waals surface area contributed by atoms with Crippen LogP contribution in [0.3, 0.4) is 0 Å². The molecule has 0 bridgehead atoms. The summed E-state index contributed by atoms with van der Waals surface area (Å²) in [6.45, 7) is 9.12. The van der Waals surface area contributed by atoms with Gasteiger partial charge < -0.3 is 9.64 Å². The highest BCUT2D eigenvalue weighted by Crippen LogP contribution is 2.24. The molecule has 1 aromatic carbocycles. The first kappa shape index (κ1) is 17.9. The highest BCUT2D eigenvalue weighted by atomic mass is 79.9. The number of benzene rings is 1. The lowest BCUT2D eigenvalue weighted by molar-refractivity contribution is 0.0171. The van der Waals surface area contributed by atoms with Crippen molar-refractivity contribution < 1.29 is 18.3 Å².